The van der Waals surface area contributed by atoms with Gasteiger partial charge in [-0.1, -0.05) is 13.1 Å². The number of hydrogen-bond donors (Lipinski definition) is 0. The van der Waals surface area contributed by atoms with Crippen molar-refractivity contribution in [2.75, 3.05) is 25.7 Å². The van der Waals surface area contributed by atoms with Crippen molar-refractivity contribution in [2.45, 2.75) is 49.3 Å². The van der Waals surface area contributed by atoms with Gasteiger partial charge >= 0.3 is 0 Å². The monoisotopic (exact) mass is 260 g/mol. The fourth-order valence-corrected chi connectivity index (χ4v) is 20.8. The second-order valence-electron chi connectivity index (χ2n) is 6.10. The molecular weight excluding hydrogens is 234 g/mol. The normalized spacial score (nSPS) is 42.4. The molecule has 3 heteroatoms. The molecule has 4 unspecified atom stereocenters. The van der Waals surface area contributed by atoms with E-state index in [0.717, 1.165) is 0 Å². The first-order valence-corrected chi connectivity index (χ1v) is 13.7. The van der Waals surface area contributed by atoms with Gasteiger partial charge in [-0.05, 0) is 61.9 Å². The third-order valence-electron chi connectivity index (χ3n) is 4.76. The predicted molar refractivity (Wildman–Crippen MR) is 78.9 cm³/mol. The van der Waals surface area contributed by atoms with Crippen LogP contribution in [0.2, 0.25) is 13.1 Å². The Morgan fingerprint density at radius 3 is 1.53 bits per heavy atom. The van der Waals surface area contributed by atoms with Crippen LogP contribution in [0.5, 0.6) is 0 Å². The maximum absolute atomic E-state index is 2.73. The SMILES string of the molecule is CP1CCCC1[Si](C)(C)C1CCCP1C. The van der Waals surface area contributed by atoms with Crippen molar-refractivity contribution < 1.29 is 0 Å². The van der Waals surface area contributed by atoms with E-state index >= 15 is 0 Å². The topological polar surface area (TPSA) is 0 Å². The van der Waals surface area contributed by atoms with Crippen molar-refractivity contribution in [1.82, 2.24) is 0 Å². The average Bonchev–Trinajstić information content (AvgIpc) is 2.73. The first-order chi connectivity index (χ1) is 7.03. The van der Waals surface area contributed by atoms with Gasteiger partial charge in [-0.3, -0.25) is 0 Å². The van der Waals surface area contributed by atoms with Crippen LogP contribution in [0, 0.1) is 0 Å². The number of hydrogen-bond acceptors (Lipinski definition) is 0. The molecule has 4 atom stereocenters. The molecule has 0 spiro atoms. The largest absolute Gasteiger partial charge is 0.109 e. The highest BCUT2D eigenvalue weighted by Gasteiger charge is 2.46. The van der Waals surface area contributed by atoms with Gasteiger partial charge in [0, 0.05) is 0 Å². The summed E-state index contributed by atoms with van der Waals surface area (Å²) in [5, 5.41) is 2.45. The predicted octanol–water partition coefficient (Wildman–Crippen LogP) is 4.32. The van der Waals surface area contributed by atoms with Gasteiger partial charge in [-0.2, -0.15) is 0 Å². The Hall–Kier alpha value is 1.08. The standard InChI is InChI=1S/C12H26P2Si/c1-13-9-5-7-11(13)15(3,4)12-8-6-10-14(12)2/h11-12H,5-10H2,1-4H3. The molecule has 2 aliphatic heterocycles. The fourth-order valence-electron chi connectivity index (χ4n) is 3.92. The molecule has 2 aliphatic rings. The van der Waals surface area contributed by atoms with E-state index in [9.17, 15) is 0 Å². The Balaban J connectivity index is 2.10. The van der Waals surface area contributed by atoms with Crippen molar-refractivity contribution in [3.05, 3.63) is 0 Å². The summed E-state index contributed by atoms with van der Waals surface area (Å²) >= 11 is 0. The Morgan fingerprint density at radius 1 is 0.867 bits per heavy atom. The fraction of sp³-hybridized carbons (Fsp3) is 1.00. The molecule has 2 rings (SSSR count). The van der Waals surface area contributed by atoms with Crippen LogP contribution in [0.3, 0.4) is 0 Å². The van der Waals surface area contributed by atoms with Gasteiger partial charge in [-0.25, -0.2) is 0 Å². The van der Waals surface area contributed by atoms with Gasteiger partial charge in [0.1, 0.15) is 0 Å². The van der Waals surface area contributed by atoms with E-state index in [1.165, 1.54) is 10.6 Å². The van der Waals surface area contributed by atoms with E-state index < -0.39 is 8.07 Å². The zero-order valence-corrected chi connectivity index (χ0v) is 13.6. The second kappa shape index (κ2) is 4.75. The third kappa shape index (κ3) is 2.36. The minimum absolute atomic E-state index is 0.420. The lowest BCUT2D eigenvalue weighted by atomic mass is 10.4. The highest BCUT2D eigenvalue weighted by Crippen LogP contribution is 2.58. The van der Waals surface area contributed by atoms with E-state index in [1.807, 2.05) is 0 Å². The van der Waals surface area contributed by atoms with E-state index in [2.05, 4.69) is 26.4 Å². The molecule has 2 heterocycles. The zero-order chi connectivity index (χ0) is 11.1. The Morgan fingerprint density at radius 2 is 1.27 bits per heavy atom. The van der Waals surface area contributed by atoms with E-state index in [0.29, 0.717) is 15.8 Å². The molecule has 88 valence electrons. The maximum Gasteiger partial charge on any atom is 0.0623 e. The summed E-state index contributed by atoms with van der Waals surface area (Å²) in [6, 6.07) is 0. The summed E-state index contributed by atoms with van der Waals surface area (Å²) in [6.07, 6.45) is 9.48. The Labute approximate surface area is 99.1 Å². The summed E-state index contributed by atoms with van der Waals surface area (Å²) in [4.78, 5) is 0. The van der Waals surface area contributed by atoms with Gasteiger partial charge in [-0.15, -0.1) is 15.8 Å². The van der Waals surface area contributed by atoms with Crippen LogP contribution in [0.15, 0.2) is 0 Å². The van der Waals surface area contributed by atoms with Gasteiger partial charge in [0.05, 0.1) is 8.07 Å². The van der Waals surface area contributed by atoms with Crippen LogP contribution in [-0.4, -0.2) is 44.3 Å². The molecule has 0 aromatic carbocycles. The molecule has 0 bridgehead atoms. The molecular formula is C12H26P2Si. The molecule has 0 aromatic heterocycles. The molecule has 0 saturated carbocycles. The van der Waals surface area contributed by atoms with Crippen LogP contribution in [0.25, 0.3) is 0 Å². The van der Waals surface area contributed by atoms with Crippen molar-refractivity contribution in [3.8, 4) is 0 Å². The van der Waals surface area contributed by atoms with Gasteiger partial charge in [0.25, 0.3) is 0 Å². The molecule has 0 N–H and O–H groups in total. The van der Waals surface area contributed by atoms with Crippen molar-refractivity contribution in [2.24, 2.45) is 0 Å². The molecule has 0 amide bonds. The van der Waals surface area contributed by atoms with Gasteiger partial charge < -0.3 is 0 Å². The summed E-state index contributed by atoms with van der Waals surface area (Å²) in [5.41, 5.74) is 0. The minimum Gasteiger partial charge on any atom is -0.109 e. The summed E-state index contributed by atoms with van der Waals surface area (Å²) < 4.78 is 0. The van der Waals surface area contributed by atoms with Crippen LogP contribution in [0.4, 0.5) is 0 Å². The van der Waals surface area contributed by atoms with Crippen molar-refractivity contribution in [1.29, 1.82) is 0 Å². The minimum atomic E-state index is -0.906. The van der Waals surface area contributed by atoms with Crippen LogP contribution in [-0.2, 0) is 0 Å². The van der Waals surface area contributed by atoms with Crippen molar-refractivity contribution >= 4 is 23.9 Å². The van der Waals surface area contributed by atoms with Crippen LogP contribution in [0.1, 0.15) is 25.7 Å². The first kappa shape index (κ1) is 12.5. The lowest BCUT2D eigenvalue weighted by molar-refractivity contribution is 0.855. The van der Waals surface area contributed by atoms with Gasteiger partial charge in [0.2, 0.25) is 0 Å². The quantitative estimate of drug-likeness (QED) is 0.512. The molecule has 2 saturated heterocycles. The van der Waals surface area contributed by atoms with E-state index in [4.69, 9.17) is 0 Å². The molecule has 0 aromatic rings. The van der Waals surface area contributed by atoms with Crippen LogP contribution >= 0.6 is 15.8 Å². The van der Waals surface area contributed by atoms with E-state index in [1.54, 1.807) is 38.0 Å². The molecule has 15 heavy (non-hydrogen) atoms. The average molecular weight is 260 g/mol. The molecule has 0 nitrogen and oxygen atoms in total. The van der Waals surface area contributed by atoms with Crippen LogP contribution < -0.4 is 0 Å². The summed E-state index contributed by atoms with van der Waals surface area (Å²) in [5.74, 6) is 0. The molecule has 0 radical (unpaired) electrons. The summed E-state index contributed by atoms with van der Waals surface area (Å²) in [7, 11) is -0.0648. The highest BCUT2D eigenvalue weighted by atomic mass is 31.1. The smallest absolute Gasteiger partial charge is 0.0623 e. The lowest BCUT2D eigenvalue weighted by Gasteiger charge is -2.40. The highest BCUT2D eigenvalue weighted by molar-refractivity contribution is 7.65. The maximum atomic E-state index is 2.73. The number of rotatable bonds is 2. The first-order valence-electron chi connectivity index (χ1n) is 6.44. The second-order valence-corrected chi connectivity index (χ2v) is 17.3. The Bertz CT molecular complexity index is 208. The molecule has 0 aliphatic carbocycles. The summed E-state index contributed by atoms with van der Waals surface area (Å²) in [6.45, 7) is 10.6. The van der Waals surface area contributed by atoms with E-state index in [-0.39, 0.29) is 0 Å². The lowest BCUT2D eigenvalue weighted by Crippen LogP contribution is -2.48. The van der Waals surface area contributed by atoms with Crippen molar-refractivity contribution in [3.63, 3.8) is 0 Å². The third-order valence-corrected chi connectivity index (χ3v) is 20.1. The molecule has 2 fully saturated rings. The van der Waals surface area contributed by atoms with Gasteiger partial charge in [0.15, 0.2) is 0 Å². The Kier molecular flexibility index (Phi) is 3.97. The zero-order valence-electron chi connectivity index (χ0n) is 10.8.